The molecule has 3 aromatic rings. The van der Waals surface area contributed by atoms with Crippen LogP contribution in [0.3, 0.4) is 0 Å². The zero-order valence-corrected chi connectivity index (χ0v) is 17.8. The number of hydrogen-bond acceptors (Lipinski definition) is 2. The first-order valence-corrected chi connectivity index (χ1v) is 11.1. The molecule has 1 heterocycles. The zero-order chi connectivity index (χ0) is 19.8. The van der Waals surface area contributed by atoms with Crippen LogP contribution in [0.1, 0.15) is 27.7 Å². The van der Waals surface area contributed by atoms with Gasteiger partial charge in [-0.15, -0.1) is 0 Å². The second-order valence-electron chi connectivity index (χ2n) is 8.15. The first-order chi connectivity index (χ1) is 13.4. The Balaban J connectivity index is 0.00000240. The lowest BCUT2D eigenvalue weighted by molar-refractivity contribution is 0.00578. The van der Waals surface area contributed by atoms with E-state index in [1.165, 1.54) is 15.9 Å². The Hall–Kier alpha value is -1.86. The molecule has 0 atom stereocenters. The van der Waals surface area contributed by atoms with Gasteiger partial charge in [-0.2, -0.15) is 0 Å². The monoisotopic (exact) mass is 402 g/mol. The average Bonchev–Trinajstić information content (AvgIpc) is 2.91. The summed E-state index contributed by atoms with van der Waals surface area (Å²) in [6, 6.07) is 30.1. The molecule has 0 bridgehead atoms. The van der Waals surface area contributed by atoms with Gasteiger partial charge in [-0.25, -0.2) is 0 Å². The fourth-order valence-corrected chi connectivity index (χ4v) is 5.91. The summed E-state index contributed by atoms with van der Waals surface area (Å²) in [6.07, 6.45) is 0. The molecule has 1 aliphatic heterocycles. The Morgan fingerprint density at radius 3 is 1.52 bits per heavy atom. The van der Waals surface area contributed by atoms with E-state index in [2.05, 4.69) is 113 Å². The van der Waals surface area contributed by atoms with Gasteiger partial charge in [0.1, 0.15) is 0 Å². The normalized spacial score (nSPS) is 17.2. The van der Waals surface area contributed by atoms with Crippen molar-refractivity contribution in [3.63, 3.8) is 0 Å². The van der Waals surface area contributed by atoms with Crippen LogP contribution < -0.4 is 21.4 Å². The van der Waals surface area contributed by atoms with Crippen LogP contribution in [0.2, 0.25) is 0 Å². The molecule has 4 rings (SSSR count). The molecule has 0 radical (unpaired) electrons. The van der Waals surface area contributed by atoms with Crippen molar-refractivity contribution in [1.29, 1.82) is 0 Å². The minimum Gasteiger partial charge on any atom is -0.399 e. The van der Waals surface area contributed by atoms with Gasteiger partial charge in [0.2, 0.25) is 0 Å². The smallest absolute Gasteiger partial charge is 0.399 e. The summed E-state index contributed by atoms with van der Waals surface area (Å²) in [6.45, 7) is 8.42. The van der Waals surface area contributed by atoms with Crippen molar-refractivity contribution in [2.24, 2.45) is 0 Å². The Morgan fingerprint density at radius 1 is 0.621 bits per heavy atom. The lowest BCUT2D eigenvalue weighted by Crippen LogP contribution is -2.44. The fraction of sp³-hybridized carbons (Fsp3) is 0.250. The summed E-state index contributed by atoms with van der Waals surface area (Å²) in [5.74, 6) is 0. The van der Waals surface area contributed by atoms with Gasteiger partial charge in [-0.3, -0.25) is 0 Å². The second-order valence-corrected chi connectivity index (χ2v) is 10.3. The lowest BCUT2D eigenvalue weighted by Gasteiger charge is -2.32. The van der Waals surface area contributed by atoms with Crippen LogP contribution in [0, 0.1) is 0 Å². The highest BCUT2D eigenvalue weighted by atomic mass is 31.1. The SMILES string of the molecule is B.CC1(C)OB(c2ccccc2P(c2ccccc2)c2ccccc2)OC1(C)C. The predicted octanol–water partition coefficient (Wildman–Crippen LogP) is 2.56. The van der Waals surface area contributed by atoms with E-state index in [0.29, 0.717) is 0 Å². The Bertz CT molecular complexity index is 890. The van der Waals surface area contributed by atoms with Gasteiger partial charge >= 0.3 is 7.12 Å². The van der Waals surface area contributed by atoms with E-state index in [-0.39, 0.29) is 26.7 Å². The highest BCUT2D eigenvalue weighted by molar-refractivity contribution is 7.80. The second kappa shape index (κ2) is 8.48. The Labute approximate surface area is 178 Å². The molecule has 148 valence electrons. The van der Waals surface area contributed by atoms with Crippen LogP contribution in [0.4, 0.5) is 0 Å². The third-order valence-electron chi connectivity index (χ3n) is 5.71. The maximum absolute atomic E-state index is 6.40. The van der Waals surface area contributed by atoms with Gasteiger partial charge < -0.3 is 9.31 Å². The molecule has 0 spiro atoms. The molecule has 2 nitrogen and oxygen atoms in total. The van der Waals surface area contributed by atoms with E-state index in [1.807, 2.05) is 0 Å². The van der Waals surface area contributed by atoms with E-state index in [0.717, 1.165) is 5.46 Å². The number of hydrogen-bond donors (Lipinski definition) is 0. The van der Waals surface area contributed by atoms with Crippen LogP contribution in [0.15, 0.2) is 84.9 Å². The molecule has 1 saturated heterocycles. The Kier molecular flexibility index (Phi) is 6.39. The first-order valence-electron chi connectivity index (χ1n) is 9.74. The van der Waals surface area contributed by atoms with E-state index >= 15 is 0 Å². The van der Waals surface area contributed by atoms with Crippen LogP contribution in [0.25, 0.3) is 0 Å². The highest BCUT2D eigenvalue weighted by Gasteiger charge is 2.52. The maximum Gasteiger partial charge on any atom is 0.495 e. The molecule has 0 N–H and O–H groups in total. The van der Waals surface area contributed by atoms with Gasteiger partial charge in [-0.1, -0.05) is 84.9 Å². The third-order valence-corrected chi connectivity index (χ3v) is 8.23. The van der Waals surface area contributed by atoms with Gasteiger partial charge in [0.25, 0.3) is 0 Å². The van der Waals surface area contributed by atoms with Gasteiger partial charge in [-0.05, 0) is 57.0 Å². The van der Waals surface area contributed by atoms with Gasteiger partial charge in [0.15, 0.2) is 0 Å². The molecule has 0 amide bonds. The predicted molar refractivity (Wildman–Crippen MR) is 131 cm³/mol. The van der Waals surface area contributed by atoms with Crippen molar-refractivity contribution >= 4 is 44.8 Å². The molecule has 0 aliphatic carbocycles. The maximum atomic E-state index is 6.40. The summed E-state index contributed by atoms with van der Waals surface area (Å²) in [7, 11) is -1.07. The summed E-state index contributed by atoms with van der Waals surface area (Å²) in [4.78, 5) is 0. The lowest BCUT2D eigenvalue weighted by atomic mass is 9.79. The van der Waals surface area contributed by atoms with Crippen LogP contribution in [0.5, 0.6) is 0 Å². The summed E-state index contributed by atoms with van der Waals surface area (Å²) >= 11 is 0. The minimum absolute atomic E-state index is 0. The zero-order valence-electron chi connectivity index (χ0n) is 16.9. The van der Waals surface area contributed by atoms with Gasteiger partial charge in [0.05, 0.1) is 19.6 Å². The van der Waals surface area contributed by atoms with Crippen molar-refractivity contribution in [1.82, 2.24) is 0 Å². The topological polar surface area (TPSA) is 18.5 Å². The molecule has 29 heavy (non-hydrogen) atoms. The van der Waals surface area contributed by atoms with Crippen LogP contribution >= 0.6 is 7.92 Å². The van der Waals surface area contributed by atoms with E-state index in [4.69, 9.17) is 9.31 Å². The molecule has 0 unspecified atom stereocenters. The molecule has 1 aliphatic rings. The molecule has 1 fully saturated rings. The summed E-state index contributed by atoms with van der Waals surface area (Å²) in [5, 5.41) is 3.94. The minimum atomic E-state index is -0.705. The molecule has 0 aromatic heterocycles. The van der Waals surface area contributed by atoms with Crippen molar-refractivity contribution < 1.29 is 9.31 Å². The summed E-state index contributed by atoms with van der Waals surface area (Å²) < 4.78 is 12.8. The number of benzene rings is 3. The first kappa shape index (κ1) is 21.8. The average molecular weight is 402 g/mol. The highest BCUT2D eigenvalue weighted by Crippen LogP contribution is 2.38. The molecule has 3 aromatic carbocycles. The van der Waals surface area contributed by atoms with E-state index < -0.39 is 7.92 Å². The summed E-state index contributed by atoms with van der Waals surface area (Å²) in [5.41, 5.74) is 0.417. The fourth-order valence-electron chi connectivity index (χ4n) is 3.44. The molecular formula is C24H29B2O2P. The van der Waals surface area contributed by atoms with E-state index in [1.54, 1.807) is 0 Å². The molecular weight excluding hydrogens is 373 g/mol. The van der Waals surface area contributed by atoms with Crippen LogP contribution in [-0.4, -0.2) is 26.7 Å². The van der Waals surface area contributed by atoms with Crippen molar-refractivity contribution in [2.45, 2.75) is 38.9 Å². The number of rotatable bonds is 4. The molecule has 5 heteroatoms. The van der Waals surface area contributed by atoms with Crippen LogP contribution in [-0.2, 0) is 9.31 Å². The van der Waals surface area contributed by atoms with E-state index in [9.17, 15) is 0 Å². The Morgan fingerprint density at radius 2 is 1.03 bits per heavy atom. The standard InChI is InChI=1S/C24H26BO2P.BH3/c1-23(2)24(3,4)27-25(26-23)21-17-11-12-18-22(21)28(19-13-7-5-8-14-19)20-15-9-6-10-16-20;/h5-18H,1-4H3;1H3. The van der Waals surface area contributed by atoms with Crippen molar-refractivity contribution in [3.05, 3.63) is 84.9 Å². The molecule has 0 saturated carbocycles. The quantitative estimate of drug-likeness (QED) is 0.494. The largest absolute Gasteiger partial charge is 0.495 e. The van der Waals surface area contributed by atoms with Crippen molar-refractivity contribution in [2.75, 3.05) is 0 Å². The third kappa shape index (κ3) is 4.21. The van der Waals surface area contributed by atoms with Crippen molar-refractivity contribution in [3.8, 4) is 0 Å². The van der Waals surface area contributed by atoms with Gasteiger partial charge in [0, 0.05) is 0 Å².